The van der Waals surface area contributed by atoms with E-state index in [4.69, 9.17) is 4.74 Å². The predicted octanol–water partition coefficient (Wildman–Crippen LogP) is 7.69. The molecule has 0 aromatic heterocycles. The Morgan fingerprint density at radius 1 is 0.750 bits per heavy atom. The molecule has 2 nitrogen and oxygen atoms in total. The number of fused-ring (bicyclic) bond motifs is 3. The summed E-state index contributed by atoms with van der Waals surface area (Å²) in [5.74, 6) is 4.88. The van der Waals surface area contributed by atoms with Crippen LogP contribution in [-0.2, 0) is 9.53 Å². The number of hydrogen-bond donors (Lipinski definition) is 0. The Kier molecular flexibility index (Phi) is 9.18. The van der Waals surface area contributed by atoms with Crippen LogP contribution in [0.4, 0.5) is 0 Å². The third-order valence-electron chi connectivity index (χ3n) is 8.35. The number of carbonyl (C=O) groups excluding carboxylic acids is 1. The standard InChI is InChI=1S/C26H46O2/c1-3-5-7-9-11-26(27)28-23-15-17-25-22(19-23)14-13-21-18-20(10-8-6-4-2)12-16-24(21)25/h20-25H,3-19H2,1-2H3. The van der Waals surface area contributed by atoms with Crippen LogP contribution in [-0.4, -0.2) is 12.1 Å². The van der Waals surface area contributed by atoms with Gasteiger partial charge in [-0.05, 0) is 81.0 Å². The first-order valence-corrected chi connectivity index (χ1v) is 12.9. The van der Waals surface area contributed by atoms with E-state index in [1.54, 1.807) is 0 Å². The van der Waals surface area contributed by atoms with Gasteiger partial charge in [-0.2, -0.15) is 0 Å². The molecule has 3 aliphatic carbocycles. The second-order valence-electron chi connectivity index (χ2n) is 10.3. The molecule has 2 heteroatoms. The number of rotatable bonds is 10. The van der Waals surface area contributed by atoms with Crippen molar-refractivity contribution >= 4 is 5.97 Å². The van der Waals surface area contributed by atoms with Crippen molar-refractivity contribution in [2.24, 2.45) is 29.6 Å². The monoisotopic (exact) mass is 390 g/mol. The SMILES string of the molecule is CCCCCCC(=O)OC1CCC2C(CCC3CC(CCCCC)CCC32)C1. The fraction of sp³-hybridized carbons (Fsp3) is 0.962. The van der Waals surface area contributed by atoms with E-state index in [-0.39, 0.29) is 12.1 Å². The lowest BCUT2D eigenvalue weighted by atomic mass is 9.56. The van der Waals surface area contributed by atoms with Crippen molar-refractivity contribution in [3.63, 3.8) is 0 Å². The van der Waals surface area contributed by atoms with E-state index in [2.05, 4.69) is 13.8 Å². The van der Waals surface area contributed by atoms with Crippen molar-refractivity contribution in [2.45, 2.75) is 129 Å². The zero-order chi connectivity index (χ0) is 19.8. The minimum absolute atomic E-state index is 0.0702. The molecule has 28 heavy (non-hydrogen) atoms. The van der Waals surface area contributed by atoms with E-state index in [0.717, 1.165) is 48.9 Å². The molecule has 0 saturated heterocycles. The van der Waals surface area contributed by atoms with Gasteiger partial charge in [-0.1, -0.05) is 65.2 Å². The lowest BCUT2D eigenvalue weighted by Gasteiger charge is -2.50. The van der Waals surface area contributed by atoms with E-state index in [1.807, 2.05) is 0 Å². The molecule has 0 aromatic rings. The van der Waals surface area contributed by atoms with Crippen LogP contribution >= 0.6 is 0 Å². The summed E-state index contributed by atoms with van der Waals surface area (Å²) in [4.78, 5) is 12.2. The first-order valence-electron chi connectivity index (χ1n) is 12.9. The zero-order valence-corrected chi connectivity index (χ0v) is 18.8. The Morgan fingerprint density at radius 2 is 1.43 bits per heavy atom. The lowest BCUT2D eigenvalue weighted by molar-refractivity contribution is -0.153. The van der Waals surface area contributed by atoms with Gasteiger partial charge < -0.3 is 4.74 Å². The molecule has 0 amide bonds. The van der Waals surface area contributed by atoms with E-state index >= 15 is 0 Å². The number of esters is 1. The van der Waals surface area contributed by atoms with Gasteiger partial charge in [0.05, 0.1) is 0 Å². The Morgan fingerprint density at radius 3 is 2.18 bits per heavy atom. The Balaban J connectivity index is 1.40. The third-order valence-corrected chi connectivity index (χ3v) is 8.35. The quantitative estimate of drug-likeness (QED) is 0.282. The second-order valence-corrected chi connectivity index (χ2v) is 10.3. The fourth-order valence-electron chi connectivity index (χ4n) is 6.84. The van der Waals surface area contributed by atoms with Crippen LogP contribution in [0.15, 0.2) is 0 Å². The summed E-state index contributed by atoms with van der Waals surface area (Å²) in [5.41, 5.74) is 0. The summed E-state index contributed by atoms with van der Waals surface area (Å²) >= 11 is 0. The zero-order valence-electron chi connectivity index (χ0n) is 18.8. The van der Waals surface area contributed by atoms with E-state index in [1.165, 1.54) is 83.5 Å². The van der Waals surface area contributed by atoms with E-state index < -0.39 is 0 Å². The first kappa shape index (κ1) is 22.2. The molecule has 0 aliphatic heterocycles. The first-order chi connectivity index (χ1) is 13.7. The van der Waals surface area contributed by atoms with Gasteiger partial charge in [0.1, 0.15) is 6.10 Å². The lowest BCUT2D eigenvalue weighted by Crippen LogP contribution is -2.43. The van der Waals surface area contributed by atoms with Crippen LogP contribution in [0.3, 0.4) is 0 Å². The fourth-order valence-corrected chi connectivity index (χ4v) is 6.84. The van der Waals surface area contributed by atoms with Gasteiger partial charge in [0.25, 0.3) is 0 Å². The Hall–Kier alpha value is -0.530. The summed E-state index contributed by atoms with van der Waals surface area (Å²) < 4.78 is 5.89. The average Bonchev–Trinajstić information content (AvgIpc) is 2.71. The van der Waals surface area contributed by atoms with Crippen LogP contribution < -0.4 is 0 Å². The van der Waals surface area contributed by atoms with E-state index in [9.17, 15) is 4.79 Å². The highest BCUT2D eigenvalue weighted by Gasteiger charge is 2.44. The molecule has 0 N–H and O–H groups in total. The van der Waals surface area contributed by atoms with Crippen LogP contribution in [0.5, 0.6) is 0 Å². The summed E-state index contributed by atoms with van der Waals surface area (Å²) in [6.45, 7) is 4.53. The molecule has 6 unspecified atom stereocenters. The maximum atomic E-state index is 12.2. The number of carbonyl (C=O) groups is 1. The number of unbranched alkanes of at least 4 members (excludes halogenated alkanes) is 5. The molecule has 0 bridgehead atoms. The molecule has 0 heterocycles. The molecule has 162 valence electrons. The van der Waals surface area contributed by atoms with Gasteiger partial charge in [0.15, 0.2) is 0 Å². The van der Waals surface area contributed by atoms with Crippen molar-refractivity contribution in [2.75, 3.05) is 0 Å². The van der Waals surface area contributed by atoms with Crippen LogP contribution in [0, 0.1) is 29.6 Å². The number of ether oxygens (including phenoxy) is 1. The molecular weight excluding hydrogens is 344 g/mol. The van der Waals surface area contributed by atoms with Crippen molar-refractivity contribution < 1.29 is 9.53 Å². The Bertz CT molecular complexity index is 459. The maximum Gasteiger partial charge on any atom is 0.306 e. The van der Waals surface area contributed by atoms with Crippen molar-refractivity contribution in [1.82, 2.24) is 0 Å². The maximum absolute atomic E-state index is 12.2. The highest BCUT2D eigenvalue weighted by atomic mass is 16.5. The molecule has 3 saturated carbocycles. The molecule has 0 aromatic carbocycles. The molecular formula is C26H46O2. The van der Waals surface area contributed by atoms with Gasteiger partial charge >= 0.3 is 5.97 Å². The van der Waals surface area contributed by atoms with E-state index in [0.29, 0.717) is 6.42 Å². The molecule has 3 rings (SSSR count). The molecule has 3 fully saturated rings. The topological polar surface area (TPSA) is 26.3 Å². The largest absolute Gasteiger partial charge is 0.462 e. The third kappa shape index (κ3) is 6.23. The summed E-state index contributed by atoms with van der Waals surface area (Å²) in [5, 5.41) is 0. The summed E-state index contributed by atoms with van der Waals surface area (Å²) in [6, 6.07) is 0. The molecule has 0 radical (unpaired) electrons. The molecule has 0 spiro atoms. The molecule has 6 atom stereocenters. The van der Waals surface area contributed by atoms with Crippen LogP contribution in [0.25, 0.3) is 0 Å². The average molecular weight is 391 g/mol. The summed E-state index contributed by atoms with van der Waals surface area (Å²) in [6.07, 6.45) is 22.2. The number of hydrogen-bond acceptors (Lipinski definition) is 2. The van der Waals surface area contributed by atoms with Gasteiger partial charge in [-0.15, -0.1) is 0 Å². The van der Waals surface area contributed by atoms with Crippen LogP contribution in [0.2, 0.25) is 0 Å². The van der Waals surface area contributed by atoms with Crippen molar-refractivity contribution in [3.05, 3.63) is 0 Å². The highest BCUT2D eigenvalue weighted by molar-refractivity contribution is 5.69. The van der Waals surface area contributed by atoms with Gasteiger partial charge in [0, 0.05) is 6.42 Å². The normalized spacial score (nSPS) is 35.1. The summed E-state index contributed by atoms with van der Waals surface area (Å²) in [7, 11) is 0. The predicted molar refractivity (Wildman–Crippen MR) is 117 cm³/mol. The Labute approximate surface area is 174 Å². The van der Waals surface area contributed by atoms with Crippen LogP contribution in [0.1, 0.15) is 123 Å². The minimum Gasteiger partial charge on any atom is -0.462 e. The van der Waals surface area contributed by atoms with Crippen molar-refractivity contribution in [3.8, 4) is 0 Å². The minimum atomic E-state index is 0.0702. The molecule has 3 aliphatic rings. The highest BCUT2D eigenvalue weighted by Crippen LogP contribution is 2.53. The smallest absolute Gasteiger partial charge is 0.306 e. The van der Waals surface area contributed by atoms with Gasteiger partial charge in [-0.3, -0.25) is 4.79 Å². The van der Waals surface area contributed by atoms with Gasteiger partial charge in [0.2, 0.25) is 0 Å². The van der Waals surface area contributed by atoms with Gasteiger partial charge in [-0.25, -0.2) is 0 Å². The second kappa shape index (κ2) is 11.6. The van der Waals surface area contributed by atoms with Crippen molar-refractivity contribution in [1.29, 1.82) is 0 Å².